The minimum Gasteiger partial charge on any atom is -0.478 e. The SMILES string of the molecule is C=CCN(CC=C)S(=O)(=O)c1cc(C(=O)O)cc(F)c1C. The van der Waals surface area contributed by atoms with E-state index in [1.165, 1.54) is 19.1 Å². The maximum Gasteiger partial charge on any atom is 0.335 e. The standard InChI is InChI=1S/C14H16FNO4S/c1-4-6-16(7-5-2)21(19,20)13-9-11(14(17)18)8-12(15)10(13)3/h4-5,8-9H,1-2,6-7H2,3H3,(H,17,18). The summed E-state index contributed by atoms with van der Waals surface area (Å²) in [5.41, 5.74) is -0.549. The van der Waals surface area contributed by atoms with Gasteiger partial charge in [0.2, 0.25) is 10.0 Å². The molecule has 1 rings (SSSR count). The highest BCUT2D eigenvalue weighted by Crippen LogP contribution is 2.24. The molecule has 0 bridgehead atoms. The van der Waals surface area contributed by atoms with Crippen molar-refractivity contribution in [3.8, 4) is 0 Å². The van der Waals surface area contributed by atoms with E-state index in [0.717, 1.165) is 16.4 Å². The summed E-state index contributed by atoms with van der Waals surface area (Å²) in [6.07, 6.45) is 2.77. The molecule has 0 unspecified atom stereocenters. The van der Waals surface area contributed by atoms with E-state index in [1.807, 2.05) is 0 Å². The van der Waals surface area contributed by atoms with Crippen LogP contribution in [0.4, 0.5) is 4.39 Å². The second-order valence-corrected chi connectivity index (χ2v) is 6.19. The molecule has 0 fully saturated rings. The summed E-state index contributed by atoms with van der Waals surface area (Å²) < 4.78 is 39.9. The van der Waals surface area contributed by atoms with Crippen molar-refractivity contribution in [3.05, 3.63) is 54.4 Å². The van der Waals surface area contributed by atoms with Crippen molar-refractivity contribution in [3.63, 3.8) is 0 Å². The monoisotopic (exact) mass is 313 g/mol. The first-order valence-electron chi connectivity index (χ1n) is 6.01. The highest BCUT2D eigenvalue weighted by molar-refractivity contribution is 7.89. The smallest absolute Gasteiger partial charge is 0.335 e. The molecule has 0 spiro atoms. The van der Waals surface area contributed by atoms with Gasteiger partial charge in [0.15, 0.2) is 0 Å². The first kappa shape index (κ1) is 17.1. The van der Waals surface area contributed by atoms with Gasteiger partial charge in [0, 0.05) is 18.7 Å². The van der Waals surface area contributed by atoms with Gasteiger partial charge in [-0.1, -0.05) is 12.2 Å². The Morgan fingerprint density at radius 2 is 1.86 bits per heavy atom. The molecule has 1 N–H and O–H groups in total. The van der Waals surface area contributed by atoms with Crippen LogP contribution in [-0.2, 0) is 10.0 Å². The molecule has 0 heterocycles. The summed E-state index contributed by atoms with van der Waals surface area (Å²) in [7, 11) is -4.05. The Morgan fingerprint density at radius 3 is 2.29 bits per heavy atom. The highest BCUT2D eigenvalue weighted by atomic mass is 32.2. The van der Waals surface area contributed by atoms with Crippen LogP contribution in [0, 0.1) is 12.7 Å². The van der Waals surface area contributed by atoms with Crippen molar-refractivity contribution in [1.82, 2.24) is 4.31 Å². The van der Waals surface area contributed by atoms with E-state index in [1.54, 1.807) is 0 Å². The second kappa shape index (κ2) is 6.64. The number of carboxylic acids is 1. The lowest BCUT2D eigenvalue weighted by atomic mass is 10.1. The molecule has 0 aliphatic heterocycles. The molecule has 0 saturated carbocycles. The molecule has 0 radical (unpaired) electrons. The molecular formula is C14H16FNO4S. The van der Waals surface area contributed by atoms with Gasteiger partial charge in [-0.05, 0) is 19.1 Å². The van der Waals surface area contributed by atoms with Crippen molar-refractivity contribution in [2.45, 2.75) is 11.8 Å². The van der Waals surface area contributed by atoms with Crippen LogP contribution in [0.1, 0.15) is 15.9 Å². The normalized spacial score (nSPS) is 11.4. The topological polar surface area (TPSA) is 74.7 Å². The van der Waals surface area contributed by atoms with Crippen LogP contribution in [0.15, 0.2) is 42.3 Å². The van der Waals surface area contributed by atoms with Crippen LogP contribution in [0.3, 0.4) is 0 Å². The molecule has 1 aromatic rings. The van der Waals surface area contributed by atoms with Crippen molar-refractivity contribution in [1.29, 1.82) is 0 Å². The molecule has 0 aliphatic rings. The van der Waals surface area contributed by atoms with E-state index >= 15 is 0 Å². The summed E-state index contributed by atoms with van der Waals surface area (Å²) in [6, 6.07) is 1.75. The zero-order valence-corrected chi connectivity index (χ0v) is 12.4. The minimum absolute atomic E-state index is 0.00666. The third kappa shape index (κ3) is 3.56. The Balaban J connectivity index is 3.51. The number of benzene rings is 1. The first-order chi connectivity index (χ1) is 9.75. The van der Waals surface area contributed by atoms with Gasteiger partial charge >= 0.3 is 5.97 Å². The minimum atomic E-state index is -4.05. The van der Waals surface area contributed by atoms with Gasteiger partial charge in [-0.2, -0.15) is 4.31 Å². The molecule has 21 heavy (non-hydrogen) atoms. The predicted molar refractivity (Wildman–Crippen MR) is 77.2 cm³/mol. The number of hydrogen-bond acceptors (Lipinski definition) is 3. The van der Waals surface area contributed by atoms with Crippen molar-refractivity contribution < 1.29 is 22.7 Å². The molecule has 7 heteroatoms. The summed E-state index contributed by atoms with van der Waals surface area (Å²) in [4.78, 5) is 10.6. The van der Waals surface area contributed by atoms with Gasteiger partial charge in [0.05, 0.1) is 10.5 Å². The summed E-state index contributed by atoms with van der Waals surface area (Å²) >= 11 is 0. The molecule has 1 aromatic carbocycles. The number of halogens is 1. The van der Waals surface area contributed by atoms with E-state index < -0.39 is 27.4 Å². The lowest BCUT2D eigenvalue weighted by molar-refractivity contribution is 0.0696. The summed E-state index contributed by atoms with van der Waals surface area (Å²) in [5.74, 6) is -2.28. The number of sulfonamides is 1. The van der Waals surface area contributed by atoms with Crippen LogP contribution in [0.25, 0.3) is 0 Å². The van der Waals surface area contributed by atoms with E-state index in [9.17, 15) is 17.6 Å². The van der Waals surface area contributed by atoms with E-state index in [4.69, 9.17) is 5.11 Å². The Bertz CT molecular complexity index is 672. The Labute approximate surface area is 123 Å². The number of aromatic carboxylic acids is 1. The van der Waals surface area contributed by atoms with Gasteiger partial charge in [-0.25, -0.2) is 17.6 Å². The number of rotatable bonds is 7. The van der Waals surface area contributed by atoms with Crippen molar-refractivity contribution in [2.24, 2.45) is 0 Å². The molecule has 0 aliphatic carbocycles. The van der Waals surface area contributed by atoms with Gasteiger partial charge in [0.25, 0.3) is 0 Å². The lowest BCUT2D eigenvalue weighted by Crippen LogP contribution is -2.32. The molecule has 0 atom stereocenters. The highest BCUT2D eigenvalue weighted by Gasteiger charge is 2.27. The molecule has 5 nitrogen and oxygen atoms in total. The predicted octanol–water partition coefficient (Wildman–Crippen LogP) is 2.20. The summed E-state index contributed by atoms with van der Waals surface area (Å²) in [6.45, 7) is 8.23. The molecule has 0 amide bonds. The number of carboxylic acid groups (broad SMARTS) is 1. The maximum atomic E-state index is 13.8. The first-order valence-corrected chi connectivity index (χ1v) is 7.45. The average Bonchev–Trinajstić information content (AvgIpc) is 2.40. The average molecular weight is 313 g/mol. The quantitative estimate of drug-likeness (QED) is 0.783. The van der Waals surface area contributed by atoms with Gasteiger partial charge in [-0.15, -0.1) is 13.2 Å². The molecule has 0 aromatic heterocycles. The molecule has 0 saturated heterocycles. The Hall–Kier alpha value is -1.99. The fourth-order valence-electron chi connectivity index (χ4n) is 1.74. The largest absolute Gasteiger partial charge is 0.478 e. The number of hydrogen-bond donors (Lipinski definition) is 1. The van der Waals surface area contributed by atoms with Crippen LogP contribution < -0.4 is 0 Å². The number of carbonyl (C=O) groups is 1. The van der Waals surface area contributed by atoms with E-state index in [2.05, 4.69) is 13.2 Å². The van der Waals surface area contributed by atoms with Crippen LogP contribution >= 0.6 is 0 Å². The third-order valence-corrected chi connectivity index (χ3v) is 4.78. The maximum absolute atomic E-state index is 13.8. The van der Waals surface area contributed by atoms with Crippen LogP contribution in [-0.4, -0.2) is 36.9 Å². The Morgan fingerprint density at radius 1 is 1.33 bits per heavy atom. The fraction of sp³-hybridized carbons (Fsp3) is 0.214. The molecule has 114 valence electrons. The van der Waals surface area contributed by atoms with E-state index in [0.29, 0.717) is 0 Å². The second-order valence-electron chi connectivity index (χ2n) is 4.29. The fourth-order valence-corrected chi connectivity index (χ4v) is 3.38. The Kier molecular flexibility index (Phi) is 5.40. The third-order valence-electron chi connectivity index (χ3n) is 2.83. The summed E-state index contributed by atoms with van der Waals surface area (Å²) in [5, 5.41) is 8.93. The zero-order chi connectivity index (χ0) is 16.2. The van der Waals surface area contributed by atoms with Gasteiger partial charge in [0.1, 0.15) is 5.82 Å². The van der Waals surface area contributed by atoms with Gasteiger partial charge in [-0.3, -0.25) is 0 Å². The lowest BCUT2D eigenvalue weighted by Gasteiger charge is -2.20. The van der Waals surface area contributed by atoms with Gasteiger partial charge < -0.3 is 5.11 Å². The van der Waals surface area contributed by atoms with E-state index in [-0.39, 0.29) is 23.5 Å². The van der Waals surface area contributed by atoms with Crippen molar-refractivity contribution >= 4 is 16.0 Å². The molecular weight excluding hydrogens is 297 g/mol. The van der Waals surface area contributed by atoms with Crippen molar-refractivity contribution in [2.75, 3.05) is 13.1 Å². The number of nitrogens with zero attached hydrogens (tertiary/aromatic N) is 1. The zero-order valence-electron chi connectivity index (χ0n) is 11.5. The van der Waals surface area contributed by atoms with Crippen LogP contribution in [0.5, 0.6) is 0 Å². The van der Waals surface area contributed by atoms with Crippen LogP contribution in [0.2, 0.25) is 0 Å².